The number of amidine groups is 1. The highest BCUT2D eigenvalue weighted by atomic mass is 32.2. The molecule has 5 rings (SSSR count). The maximum absolute atomic E-state index is 14.2. The molecule has 6 nitrogen and oxygen atoms in total. The Labute approximate surface area is 197 Å². The second-order valence-electron chi connectivity index (χ2n) is 9.18. The molecule has 2 aliphatic heterocycles. The second kappa shape index (κ2) is 8.97. The number of esters is 1. The topological polar surface area (TPSA) is 71.0 Å². The second-order valence-corrected chi connectivity index (χ2v) is 10.0. The van der Waals surface area contributed by atoms with Crippen LogP contribution in [0.15, 0.2) is 51.6 Å². The molecular weight excluding hydrogens is 441 g/mol. The average molecular weight is 470 g/mol. The molecule has 2 bridgehead atoms. The minimum atomic E-state index is -0.604. The number of halogens is 1. The van der Waals surface area contributed by atoms with E-state index in [1.165, 1.54) is 50.3 Å². The van der Waals surface area contributed by atoms with Gasteiger partial charge in [-0.25, -0.2) is 14.2 Å². The first kappa shape index (κ1) is 22.2. The zero-order valence-electron chi connectivity index (χ0n) is 18.8. The molecule has 33 heavy (non-hydrogen) atoms. The van der Waals surface area contributed by atoms with Crippen molar-refractivity contribution in [2.45, 2.75) is 57.5 Å². The Morgan fingerprint density at radius 3 is 2.82 bits per heavy atom. The number of carbonyl (C=O) groups is 2. The fourth-order valence-corrected chi connectivity index (χ4v) is 6.69. The van der Waals surface area contributed by atoms with Crippen LogP contribution in [0.25, 0.3) is 0 Å². The zero-order chi connectivity index (χ0) is 23.1. The molecule has 1 amide bonds. The number of thioether (sulfide) groups is 1. The van der Waals surface area contributed by atoms with Gasteiger partial charge in [-0.1, -0.05) is 37.2 Å². The van der Waals surface area contributed by atoms with Gasteiger partial charge in [0.1, 0.15) is 5.82 Å². The van der Waals surface area contributed by atoms with E-state index >= 15 is 0 Å². The van der Waals surface area contributed by atoms with Crippen molar-refractivity contribution in [2.24, 2.45) is 16.8 Å². The Bertz CT molecular complexity index is 1080. The van der Waals surface area contributed by atoms with Crippen molar-refractivity contribution in [3.8, 4) is 0 Å². The van der Waals surface area contributed by atoms with Crippen molar-refractivity contribution in [3.05, 3.63) is 58.0 Å². The summed E-state index contributed by atoms with van der Waals surface area (Å²) in [5.74, 6) is 0.444. The monoisotopic (exact) mass is 469 g/mol. The molecule has 2 saturated carbocycles. The Hall–Kier alpha value is -2.61. The number of carbonyl (C=O) groups excluding carboxylic acids is 2. The standard InChI is InChI=1S/C25H28FN3O3S/c1-3-19-22(24(31)32-2)23(16-5-4-6-17(26)11-16)29-18(13-33-25(29)28-19)12-21(30)27-20-10-14-7-8-15(20)9-14/h4-6,11,13-15,20,23H,3,7-10,12H2,1-2H3,(H,27,30)/t14-,15-,20+,23-/m0/s1. The molecule has 0 unspecified atom stereocenters. The number of rotatable bonds is 6. The van der Waals surface area contributed by atoms with Crippen molar-refractivity contribution in [2.75, 3.05) is 7.11 Å². The molecule has 0 saturated heterocycles. The number of ether oxygens (including phenoxy) is 1. The molecule has 4 aliphatic rings. The Morgan fingerprint density at radius 1 is 1.30 bits per heavy atom. The summed E-state index contributed by atoms with van der Waals surface area (Å²) in [6, 6.07) is 5.89. The SMILES string of the molecule is CCC1=C(C(=O)OC)[C@H](c2cccc(F)c2)N2C(CC(=O)N[C@@H]3C[C@H]4CC[C@H]3C4)=CSC2=N1. The van der Waals surface area contributed by atoms with Crippen LogP contribution in [-0.4, -0.2) is 35.1 Å². The minimum Gasteiger partial charge on any atom is -0.466 e. The van der Waals surface area contributed by atoms with E-state index in [-0.39, 0.29) is 24.2 Å². The molecule has 0 radical (unpaired) electrons. The van der Waals surface area contributed by atoms with E-state index in [4.69, 9.17) is 9.73 Å². The zero-order valence-corrected chi connectivity index (χ0v) is 19.7. The number of methoxy groups -OCH3 is 1. The summed E-state index contributed by atoms with van der Waals surface area (Å²) in [6.07, 6.45) is 5.49. The summed E-state index contributed by atoms with van der Waals surface area (Å²) in [5.41, 5.74) is 2.38. The lowest BCUT2D eigenvalue weighted by atomic mass is 9.92. The number of nitrogens with one attached hydrogen (secondary N) is 1. The van der Waals surface area contributed by atoms with Crippen LogP contribution in [0.2, 0.25) is 0 Å². The van der Waals surface area contributed by atoms with E-state index in [1.807, 2.05) is 17.2 Å². The van der Waals surface area contributed by atoms with Gasteiger partial charge in [-0.05, 0) is 60.6 Å². The number of amides is 1. The van der Waals surface area contributed by atoms with E-state index in [0.29, 0.717) is 34.3 Å². The van der Waals surface area contributed by atoms with Crippen LogP contribution in [0.3, 0.4) is 0 Å². The molecule has 1 aromatic rings. The van der Waals surface area contributed by atoms with E-state index in [2.05, 4.69) is 5.32 Å². The average Bonchev–Trinajstić information content (AvgIpc) is 3.53. The van der Waals surface area contributed by atoms with E-state index in [9.17, 15) is 14.0 Å². The normalized spacial score (nSPS) is 27.9. The molecule has 0 spiro atoms. The molecule has 1 aromatic carbocycles. The first-order valence-electron chi connectivity index (χ1n) is 11.6. The maximum Gasteiger partial charge on any atom is 0.338 e. The van der Waals surface area contributed by atoms with E-state index in [1.54, 1.807) is 12.1 Å². The number of benzene rings is 1. The minimum absolute atomic E-state index is 0.0245. The van der Waals surface area contributed by atoms with E-state index in [0.717, 1.165) is 18.0 Å². The molecule has 2 fully saturated rings. The quantitative estimate of drug-likeness (QED) is 0.614. The summed E-state index contributed by atoms with van der Waals surface area (Å²) in [7, 11) is 1.34. The summed E-state index contributed by atoms with van der Waals surface area (Å²) >= 11 is 1.43. The maximum atomic E-state index is 14.2. The highest BCUT2D eigenvalue weighted by molar-refractivity contribution is 8.16. The third-order valence-corrected chi connectivity index (χ3v) is 8.11. The number of fused-ring (bicyclic) bond motifs is 3. The van der Waals surface area contributed by atoms with Crippen molar-refractivity contribution in [3.63, 3.8) is 0 Å². The van der Waals surface area contributed by atoms with Crippen LogP contribution in [0.4, 0.5) is 4.39 Å². The van der Waals surface area contributed by atoms with Crippen molar-refractivity contribution in [1.82, 2.24) is 10.2 Å². The number of aliphatic imine (C=N–C) groups is 1. The van der Waals surface area contributed by atoms with Gasteiger partial charge in [-0.3, -0.25) is 4.79 Å². The predicted molar refractivity (Wildman–Crippen MR) is 125 cm³/mol. The molecule has 8 heteroatoms. The van der Waals surface area contributed by atoms with E-state index < -0.39 is 12.0 Å². The lowest BCUT2D eigenvalue weighted by molar-refractivity contribution is -0.136. The summed E-state index contributed by atoms with van der Waals surface area (Å²) in [5, 5.41) is 5.85. The first-order chi connectivity index (χ1) is 16.0. The molecular formula is C25H28FN3O3S. The van der Waals surface area contributed by atoms with Gasteiger partial charge in [-0.2, -0.15) is 0 Å². The van der Waals surface area contributed by atoms with Gasteiger partial charge in [0.15, 0.2) is 5.17 Å². The number of hydrogen-bond acceptors (Lipinski definition) is 6. The number of hydrogen-bond donors (Lipinski definition) is 1. The van der Waals surface area contributed by atoms with Crippen LogP contribution in [0.1, 0.15) is 57.1 Å². The molecule has 2 aliphatic carbocycles. The fraction of sp³-hybridized carbons (Fsp3) is 0.480. The Balaban J connectivity index is 1.44. The van der Waals surface area contributed by atoms with Crippen molar-refractivity contribution >= 4 is 28.8 Å². The first-order valence-corrected chi connectivity index (χ1v) is 12.5. The van der Waals surface area contributed by atoms with Crippen LogP contribution in [0, 0.1) is 17.7 Å². The summed E-state index contributed by atoms with van der Waals surface area (Å²) < 4.78 is 19.3. The summed E-state index contributed by atoms with van der Waals surface area (Å²) in [4.78, 5) is 32.5. The van der Waals surface area contributed by atoms with Gasteiger partial charge in [-0.15, -0.1) is 0 Å². The number of nitrogens with zero attached hydrogens (tertiary/aromatic N) is 2. The van der Waals surface area contributed by atoms with Crippen LogP contribution < -0.4 is 5.32 Å². The van der Waals surface area contributed by atoms with Gasteiger partial charge >= 0.3 is 5.97 Å². The lowest BCUT2D eigenvalue weighted by Gasteiger charge is -2.36. The van der Waals surface area contributed by atoms with Crippen LogP contribution >= 0.6 is 11.8 Å². The molecule has 4 atom stereocenters. The molecule has 174 valence electrons. The molecule has 1 N–H and O–H groups in total. The number of allylic oxidation sites excluding steroid dienone is 1. The highest BCUT2D eigenvalue weighted by Crippen LogP contribution is 2.46. The predicted octanol–water partition coefficient (Wildman–Crippen LogP) is 4.66. The highest BCUT2D eigenvalue weighted by Gasteiger charge is 2.43. The van der Waals surface area contributed by atoms with Gasteiger partial charge in [0.25, 0.3) is 0 Å². The van der Waals surface area contributed by atoms with Gasteiger partial charge < -0.3 is 15.0 Å². The van der Waals surface area contributed by atoms with Crippen molar-refractivity contribution in [1.29, 1.82) is 0 Å². The van der Waals surface area contributed by atoms with Crippen LogP contribution in [-0.2, 0) is 14.3 Å². The van der Waals surface area contributed by atoms with Gasteiger partial charge in [0.2, 0.25) is 5.91 Å². The Morgan fingerprint density at radius 2 is 2.15 bits per heavy atom. The molecule has 0 aromatic heterocycles. The third-order valence-electron chi connectivity index (χ3n) is 7.22. The third kappa shape index (κ3) is 4.09. The lowest BCUT2D eigenvalue weighted by Crippen LogP contribution is -2.41. The fourth-order valence-electron chi connectivity index (χ4n) is 5.75. The molecule has 2 heterocycles. The van der Waals surface area contributed by atoms with Gasteiger partial charge in [0.05, 0.1) is 30.8 Å². The largest absolute Gasteiger partial charge is 0.466 e. The van der Waals surface area contributed by atoms with Crippen molar-refractivity contribution < 1.29 is 18.7 Å². The smallest absolute Gasteiger partial charge is 0.338 e. The Kier molecular flexibility index (Phi) is 6.03. The summed E-state index contributed by atoms with van der Waals surface area (Å²) in [6.45, 7) is 1.93. The van der Waals surface area contributed by atoms with Gasteiger partial charge in [0, 0.05) is 11.7 Å². The van der Waals surface area contributed by atoms with Crippen LogP contribution in [0.5, 0.6) is 0 Å².